The SMILES string of the molecule is O=c1cccc2n1C[C@H]1C[C@@H]2CN(c2nc(N3CCOCC3)nc(N3CCOCC3)n2)C1. The topological polar surface area (TPSA) is 88.9 Å². The lowest BCUT2D eigenvalue weighted by atomic mass is 9.83. The molecule has 3 fully saturated rings. The number of morpholine rings is 2. The molecule has 10 nitrogen and oxygen atoms in total. The molecular formula is C22H29N7O3. The standard InChI is InChI=1S/C22H29N7O3/c30-19-3-1-2-18-17-12-16(14-29(18)19)13-28(15-17)22-24-20(26-4-8-31-9-5-26)23-21(25-22)27-6-10-32-11-7-27/h1-3,16-17H,4-15H2/t16-,17+/m0/s1. The summed E-state index contributed by atoms with van der Waals surface area (Å²) in [5.41, 5.74) is 1.24. The zero-order valence-electron chi connectivity index (χ0n) is 18.2. The third-order valence-electron chi connectivity index (χ3n) is 6.95. The first-order chi connectivity index (χ1) is 15.7. The second kappa shape index (κ2) is 8.32. The Labute approximate surface area is 186 Å². The van der Waals surface area contributed by atoms with Crippen LogP contribution in [-0.4, -0.2) is 85.2 Å². The molecule has 4 aliphatic rings. The summed E-state index contributed by atoms with van der Waals surface area (Å²) in [7, 11) is 0. The number of ether oxygens (including phenoxy) is 2. The summed E-state index contributed by atoms with van der Waals surface area (Å²) in [5.74, 6) is 2.92. The summed E-state index contributed by atoms with van der Waals surface area (Å²) in [5, 5.41) is 0. The van der Waals surface area contributed by atoms with Gasteiger partial charge in [-0.1, -0.05) is 6.07 Å². The third kappa shape index (κ3) is 3.71. The molecule has 6 rings (SSSR count). The van der Waals surface area contributed by atoms with Gasteiger partial charge in [0.25, 0.3) is 5.56 Å². The molecule has 10 heteroatoms. The Kier molecular flexibility index (Phi) is 5.18. The highest BCUT2D eigenvalue weighted by molar-refractivity contribution is 5.48. The Morgan fingerprint density at radius 3 is 1.97 bits per heavy atom. The zero-order chi connectivity index (χ0) is 21.5. The minimum Gasteiger partial charge on any atom is -0.378 e. The van der Waals surface area contributed by atoms with Crippen LogP contribution in [0.1, 0.15) is 18.0 Å². The Hall–Kier alpha value is -2.72. The van der Waals surface area contributed by atoms with Crippen molar-refractivity contribution in [2.75, 3.05) is 80.4 Å². The van der Waals surface area contributed by atoms with Gasteiger partial charge in [-0.25, -0.2) is 0 Å². The molecule has 6 heterocycles. The molecule has 2 atom stereocenters. The number of piperidine rings is 1. The fourth-order valence-corrected chi connectivity index (χ4v) is 5.35. The van der Waals surface area contributed by atoms with E-state index in [0.29, 0.717) is 38.3 Å². The van der Waals surface area contributed by atoms with E-state index in [0.717, 1.165) is 75.8 Å². The minimum absolute atomic E-state index is 0.106. The van der Waals surface area contributed by atoms with E-state index in [1.54, 1.807) is 6.07 Å². The molecule has 0 spiro atoms. The predicted molar refractivity (Wildman–Crippen MR) is 120 cm³/mol. The van der Waals surface area contributed by atoms with Gasteiger partial charge in [0.2, 0.25) is 17.8 Å². The van der Waals surface area contributed by atoms with Gasteiger partial charge in [0.05, 0.1) is 26.4 Å². The highest BCUT2D eigenvalue weighted by Gasteiger charge is 2.36. The largest absolute Gasteiger partial charge is 0.378 e. The number of hydrogen-bond donors (Lipinski definition) is 0. The van der Waals surface area contributed by atoms with Gasteiger partial charge in [0.1, 0.15) is 0 Å². The monoisotopic (exact) mass is 439 g/mol. The Morgan fingerprint density at radius 1 is 0.750 bits per heavy atom. The second-order valence-electron chi connectivity index (χ2n) is 9.04. The predicted octanol–water partition coefficient (Wildman–Crippen LogP) is 0.330. The normalized spacial score (nSPS) is 25.6. The van der Waals surface area contributed by atoms with E-state index in [1.807, 2.05) is 10.6 Å². The maximum Gasteiger partial charge on any atom is 0.250 e. The van der Waals surface area contributed by atoms with E-state index in [9.17, 15) is 4.79 Å². The van der Waals surface area contributed by atoms with Crippen molar-refractivity contribution in [2.24, 2.45) is 5.92 Å². The average Bonchev–Trinajstić information content (AvgIpc) is 2.85. The molecule has 0 radical (unpaired) electrons. The van der Waals surface area contributed by atoms with Crippen LogP contribution in [0.3, 0.4) is 0 Å². The van der Waals surface area contributed by atoms with Crippen LogP contribution in [0.5, 0.6) is 0 Å². The van der Waals surface area contributed by atoms with Gasteiger partial charge in [-0.05, 0) is 18.4 Å². The van der Waals surface area contributed by atoms with Gasteiger partial charge >= 0.3 is 0 Å². The highest BCUT2D eigenvalue weighted by atomic mass is 16.5. The molecule has 0 aromatic carbocycles. The first-order valence-corrected chi connectivity index (χ1v) is 11.6. The fourth-order valence-electron chi connectivity index (χ4n) is 5.35. The maximum absolute atomic E-state index is 12.4. The smallest absolute Gasteiger partial charge is 0.250 e. The van der Waals surface area contributed by atoms with Crippen molar-refractivity contribution >= 4 is 17.8 Å². The van der Waals surface area contributed by atoms with Gasteiger partial charge in [0.15, 0.2) is 0 Å². The molecule has 2 bridgehead atoms. The van der Waals surface area contributed by atoms with Crippen LogP contribution in [0.2, 0.25) is 0 Å². The second-order valence-corrected chi connectivity index (χ2v) is 9.04. The van der Waals surface area contributed by atoms with Crippen LogP contribution in [-0.2, 0) is 16.0 Å². The number of hydrogen-bond acceptors (Lipinski definition) is 9. The number of rotatable bonds is 3. The lowest BCUT2D eigenvalue weighted by molar-refractivity contribution is 0.121. The van der Waals surface area contributed by atoms with Crippen molar-refractivity contribution in [3.8, 4) is 0 Å². The summed E-state index contributed by atoms with van der Waals surface area (Å²) in [6.45, 7) is 8.32. The number of pyridine rings is 1. The van der Waals surface area contributed by atoms with Crippen molar-refractivity contribution in [3.05, 3.63) is 34.2 Å². The number of nitrogens with zero attached hydrogens (tertiary/aromatic N) is 7. The molecule has 2 aromatic rings. The molecule has 0 aliphatic carbocycles. The summed E-state index contributed by atoms with van der Waals surface area (Å²) in [6, 6.07) is 5.64. The summed E-state index contributed by atoms with van der Waals surface area (Å²) < 4.78 is 13.0. The molecular weight excluding hydrogens is 410 g/mol. The van der Waals surface area contributed by atoms with Crippen molar-refractivity contribution in [3.63, 3.8) is 0 Å². The number of aromatic nitrogens is 4. The lowest BCUT2D eigenvalue weighted by Gasteiger charge is -2.43. The molecule has 4 aliphatic heterocycles. The van der Waals surface area contributed by atoms with Crippen LogP contribution in [0.15, 0.2) is 23.0 Å². The first-order valence-electron chi connectivity index (χ1n) is 11.6. The lowest BCUT2D eigenvalue weighted by Crippen LogP contribution is -2.48. The summed E-state index contributed by atoms with van der Waals surface area (Å²) >= 11 is 0. The Balaban J connectivity index is 1.34. The van der Waals surface area contributed by atoms with Crippen molar-refractivity contribution in [1.29, 1.82) is 0 Å². The van der Waals surface area contributed by atoms with E-state index in [1.165, 1.54) is 0 Å². The number of fused-ring (bicyclic) bond motifs is 4. The van der Waals surface area contributed by atoms with Gasteiger partial charge in [-0.3, -0.25) is 4.79 Å². The van der Waals surface area contributed by atoms with E-state index < -0.39 is 0 Å². The van der Waals surface area contributed by atoms with Crippen molar-refractivity contribution in [2.45, 2.75) is 18.9 Å². The van der Waals surface area contributed by atoms with Crippen LogP contribution in [0, 0.1) is 5.92 Å². The van der Waals surface area contributed by atoms with E-state index in [4.69, 9.17) is 24.4 Å². The molecule has 32 heavy (non-hydrogen) atoms. The minimum atomic E-state index is 0.106. The molecule has 3 saturated heterocycles. The average molecular weight is 440 g/mol. The molecule has 0 amide bonds. The van der Waals surface area contributed by atoms with Crippen molar-refractivity contribution in [1.82, 2.24) is 19.5 Å². The van der Waals surface area contributed by atoms with Crippen LogP contribution < -0.4 is 20.3 Å². The molecule has 170 valence electrons. The Morgan fingerprint density at radius 2 is 1.34 bits per heavy atom. The Bertz CT molecular complexity index is 996. The van der Waals surface area contributed by atoms with E-state index in [-0.39, 0.29) is 5.56 Å². The van der Waals surface area contributed by atoms with Crippen LogP contribution >= 0.6 is 0 Å². The first kappa shape index (κ1) is 19.9. The molecule has 0 saturated carbocycles. The van der Waals surface area contributed by atoms with Gasteiger partial charge in [0, 0.05) is 63.5 Å². The quantitative estimate of drug-likeness (QED) is 0.671. The molecule has 0 unspecified atom stereocenters. The summed E-state index contributed by atoms with van der Waals surface area (Å²) in [6.07, 6.45) is 1.11. The fraction of sp³-hybridized carbons (Fsp3) is 0.636. The van der Waals surface area contributed by atoms with Crippen LogP contribution in [0.4, 0.5) is 17.8 Å². The molecule has 0 N–H and O–H groups in total. The highest BCUT2D eigenvalue weighted by Crippen LogP contribution is 2.36. The van der Waals surface area contributed by atoms with Gasteiger partial charge < -0.3 is 28.7 Å². The zero-order valence-corrected chi connectivity index (χ0v) is 18.2. The summed E-state index contributed by atoms with van der Waals surface area (Å²) in [4.78, 5) is 33.7. The number of anilines is 3. The maximum atomic E-state index is 12.4. The van der Waals surface area contributed by atoms with E-state index in [2.05, 4.69) is 20.8 Å². The third-order valence-corrected chi connectivity index (χ3v) is 6.95. The van der Waals surface area contributed by atoms with E-state index >= 15 is 0 Å². The van der Waals surface area contributed by atoms with Gasteiger partial charge in [-0.15, -0.1) is 0 Å². The van der Waals surface area contributed by atoms with Crippen molar-refractivity contribution < 1.29 is 9.47 Å². The van der Waals surface area contributed by atoms with Gasteiger partial charge in [-0.2, -0.15) is 15.0 Å². The van der Waals surface area contributed by atoms with Crippen LogP contribution in [0.25, 0.3) is 0 Å². The molecule has 2 aromatic heterocycles.